The van der Waals surface area contributed by atoms with Crippen molar-refractivity contribution in [3.63, 3.8) is 0 Å². The van der Waals surface area contributed by atoms with Crippen molar-refractivity contribution in [3.8, 4) is 0 Å². The van der Waals surface area contributed by atoms with Gasteiger partial charge in [-0.1, -0.05) is 30.3 Å². The van der Waals surface area contributed by atoms with Crippen LogP contribution in [0.4, 0.5) is 5.69 Å². The lowest BCUT2D eigenvalue weighted by atomic mass is 10.1. The van der Waals surface area contributed by atoms with E-state index in [1.54, 1.807) is 12.1 Å². The zero-order valence-electron chi connectivity index (χ0n) is 12.4. The van der Waals surface area contributed by atoms with E-state index in [1.807, 2.05) is 51.1 Å². The Morgan fingerprint density at radius 2 is 1.71 bits per heavy atom. The average molecular weight is 304 g/mol. The molecule has 0 bridgehead atoms. The van der Waals surface area contributed by atoms with Gasteiger partial charge in [-0.05, 0) is 49.6 Å². The summed E-state index contributed by atoms with van der Waals surface area (Å²) in [7, 11) is -3.71. The third kappa shape index (κ3) is 3.62. The summed E-state index contributed by atoms with van der Waals surface area (Å²) in [6, 6.07) is 13.2. The van der Waals surface area contributed by atoms with E-state index in [9.17, 15) is 8.42 Å². The maximum atomic E-state index is 11.6. The molecule has 21 heavy (non-hydrogen) atoms. The molecule has 0 fully saturated rings. The minimum atomic E-state index is -3.71. The molecule has 1 atom stereocenters. The fourth-order valence-corrected chi connectivity index (χ4v) is 2.82. The number of nitrogens with two attached hydrogens (primary N) is 1. The molecule has 4 nitrogen and oxygen atoms in total. The number of anilines is 1. The largest absolute Gasteiger partial charge is 0.378 e. The van der Waals surface area contributed by atoms with Gasteiger partial charge in [0.2, 0.25) is 10.0 Å². The predicted molar refractivity (Wildman–Crippen MR) is 85.8 cm³/mol. The lowest BCUT2D eigenvalue weighted by Gasteiger charge is -2.19. The molecule has 0 aliphatic rings. The van der Waals surface area contributed by atoms with E-state index >= 15 is 0 Å². The lowest BCUT2D eigenvalue weighted by Crippen LogP contribution is -2.14. The highest BCUT2D eigenvalue weighted by atomic mass is 32.2. The number of nitrogens with one attached hydrogen (secondary N) is 1. The van der Waals surface area contributed by atoms with Crippen LogP contribution < -0.4 is 10.5 Å². The number of benzene rings is 2. The van der Waals surface area contributed by atoms with Crippen LogP contribution in [0.5, 0.6) is 0 Å². The fraction of sp³-hybridized carbons (Fsp3) is 0.250. The van der Waals surface area contributed by atoms with Crippen molar-refractivity contribution in [1.82, 2.24) is 0 Å². The minimum Gasteiger partial charge on any atom is -0.378 e. The molecule has 0 heterocycles. The molecule has 3 N–H and O–H groups in total. The number of hydrogen-bond acceptors (Lipinski definition) is 3. The van der Waals surface area contributed by atoms with Gasteiger partial charge in [0.25, 0.3) is 0 Å². The Bertz CT molecular complexity index is 740. The van der Waals surface area contributed by atoms with E-state index in [-0.39, 0.29) is 10.9 Å². The van der Waals surface area contributed by atoms with Gasteiger partial charge in [-0.25, -0.2) is 13.6 Å². The van der Waals surface area contributed by atoms with Crippen LogP contribution in [-0.4, -0.2) is 8.42 Å². The lowest BCUT2D eigenvalue weighted by molar-refractivity contribution is 0.597. The SMILES string of the molecule is Cc1cc(S(N)(=O)=O)cc(NC(C)c2ccccc2)c1C. The van der Waals surface area contributed by atoms with Gasteiger partial charge >= 0.3 is 0 Å². The van der Waals surface area contributed by atoms with Crippen LogP contribution in [0.1, 0.15) is 29.7 Å². The highest BCUT2D eigenvalue weighted by Crippen LogP contribution is 2.27. The van der Waals surface area contributed by atoms with Gasteiger partial charge in [-0.2, -0.15) is 0 Å². The summed E-state index contributed by atoms with van der Waals surface area (Å²) in [4.78, 5) is 0.133. The Hall–Kier alpha value is -1.85. The van der Waals surface area contributed by atoms with Crippen molar-refractivity contribution < 1.29 is 8.42 Å². The summed E-state index contributed by atoms with van der Waals surface area (Å²) < 4.78 is 23.1. The summed E-state index contributed by atoms with van der Waals surface area (Å²) in [6.45, 7) is 5.87. The van der Waals surface area contributed by atoms with Crippen LogP contribution in [0.2, 0.25) is 0 Å². The molecule has 1 unspecified atom stereocenters. The monoisotopic (exact) mass is 304 g/mol. The predicted octanol–water partition coefficient (Wildman–Crippen LogP) is 3.12. The van der Waals surface area contributed by atoms with Crippen LogP contribution in [-0.2, 0) is 10.0 Å². The molecular weight excluding hydrogens is 284 g/mol. The standard InChI is InChI=1S/C16H20N2O2S/c1-11-9-15(21(17,19)20)10-16(12(11)2)18-13(3)14-7-5-4-6-8-14/h4-10,13,18H,1-3H3,(H2,17,19,20). The Morgan fingerprint density at radius 3 is 2.29 bits per heavy atom. The first-order valence-corrected chi connectivity index (χ1v) is 8.29. The number of hydrogen-bond donors (Lipinski definition) is 2. The molecular formula is C16H20N2O2S. The van der Waals surface area contributed by atoms with Crippen molar-refractivity contribution in [2.45, 2.75) is 31.7 Å². The highest BCUT2D eigenvalue weighted by molar-refractivity contribution is 7.89. The molecule has 0 radical (unpaired) electrons. The summed E-state index contributed by atoms with van der Waals surface area (Å²) in [6.07, 6.45) is 0. The van der Waals surface area contributed by atoms with Gasteiger partial charge < -0.3 is 5.32 Å². The number of sulfonamides is 1. The summed E-state index contributed by atoms with van der Waals surface area (Å²) >= 11 is 0. The van der Waals surface area contributed by atoms with E-state index in [0.717, 1.165) is 22.4 Å². The second kappa shape index (κ2) is 5.87. The van der Waals surface area contributed by atoms with Gasteiger partial charge in [0, 0.05) is 11.7 Å². The number of aryl methyl sites for hydroxylation is 1. The highest BCUT2D eigenvalue weighted by Gasteiger charge is 2.14. The molecule has 112 valence electrons. The molecule has 2 rings (SSSR count). The third-order valence-electron chi connectivity index (χ3n) is 3.64. The van der Waals surface area contributed by atoms with Gasteiger partial charge in [0.1, 0.15) is 0 Å². The first kappa shape index (κ1) is 15.5. The minimum absolute atomic E-state index is 0.0695. The molecule has 0 amide bonds. The normalized spacial score (nSPS) is 13.0. The Balaban J connectivity index is 2.38. The van der Waals surface area contributed by atoms with E-state index < -0.39 is 10.0 Å². The molecule has 0 spiro atoms. The first-order valence-electron chi connectivity index (χ1n) is 6.74. The summed E-state index contributed by atoms with van der Waals surface area (Å²) in [5.41, 5.74) is 3.83. The Labute approximate surface area is 126 Å². The molecule has 0 aliphatic heterocycles. The fourth-order valence-electron chi connectivity index (χ4n) is 2.20. The van der Waals surface area contributed by atoms with Crippen LogP contribution >= 0.6 is 0 Å². The molecule has 0 aromatic heterocycles. The molecule has 2 aromatic rings. The Kier molecular flexibility index (Phi) is 4.34. The second-order valence-electron chi connectivity index (χ2n) is 5.23. The number of rotatable bonds is 4. The molecule has 0 saturated heterocycles. The summed E-state index contributed by atoms with van der Waals surface area (Å²) in [5, 5.41) is 8.59. The van der Waals surface area contributed by atoms with Gasteiger partial charge in [-0.3, -0.25) is 0 Å². The van der Waals surface area contributed by atoms with E-state index in [4.69, 9.17) is 5.14 Å². The van der Waals surface area contributed by atoms with E-state index in [2.05, 4.69) is 5.32 Å². The van der Waals surface area contributed by atoms with Crippen LogP contribution in [0.3, 0.4) is 0 Å². The maximum Gasteiger partial charge on any atom is 0.238 e. The molecule has 5 heteroatoms. The topological polar surface area (TPSA) is 72.2 Å². The van der Waals surface area contributed by atoms with Gasteiger partial charge in [0.15, 0.2) is 0 Å². The van der Waals surface area contributed by atoms with Crippen LogP contribution in [0.15, 0.2) is 47.4 Å². The van der Waals surface area contributed by atoms with Crippen molar-refractivity contribution in [3.05, 3.63) is 59.2 Å². The molecule has 2 aromatic carbocycles. The second-order valence-corrected chi connectivity index (χ2v) is 6.80. The van der Waals surface area contributed by atoms with Gasteiger partial charge in [-0.15, -0.1) is 0 Å². The van der Waals surface area contributed by atoms with Crippen molar-refractivity contribution >= 4 is 15.7 Å². The zero-order chi connectivity index (χ0) is 15.6. The smallest absolute Gasteiger partial charge is 0.238 e. The van der Waals surface area contributed by atoms with Crippen molar-refractivity contribution in [2.24, 2.45) is 5.14 Å². The van der Waals surface area contributed by atoms with E-state index in [1.165, 1.54) is 0 Å². The molecule has 0 aliphatic carbocycles. The maximum absolute atomic E-state index is 11.6. The van der Waals surface area contributed by atoms with E-state index in [0.29, 0.717) is 0 Å². The quantitative estimate of drug-likeness (QED) is 0.911. The van der Waals surface area contributed by atoms with Crippen LogP contribution in [0, 0.1) is 13.8 Å². The third-order valence-corrected chi connectivity index (χ3v) is 4.53. The van der Waals surface area contributed by atoms with Crippen LogP contribution in [0.25, 0.3) is 0 Å². The first-order chi connectivity index (χ1) is 9.79. The Morgan fingerprint density at radius 1 is 1.10 bits per heavy atom. The summed E-state index contributed by atoms with van der Waals surface area (Å²) in [5.74, 6) is 0. The molecule has 0 saturated carbocycles. The van der Waals surface area contributed by atoms with Gasteiger partial charge in [0.05, 0.1) is 4.90 Å². The average Bonchev–Trinajstić information content (AvgIpc) is 2.43. The number of primary sulfonamides is 1. The van der Waals surface area contributed by atoms with Crippen molar-refractivity contribution in [2.75, 3.05) is 5.32 Å². The van der Waals surface area contributed by atoms with Crippen molar-refractivity contribution in [1.29, 1.82) is 0 Å². The zero-order valence-corrected chi connectivity index (χ0v) is 13.2.